The fourth-order valence-corrected chi connectivity index (χ4v) is 2.50. The van der Waals surface area contributed by atoms with E-state index in [2.05, 4.69) is 22.5 Å². The maximum Gasteiger partial charge on any atom is 0.238 e. The molecule has 0 spiro atoms. The van der Waals surface area contributed by atoms with E-state index in [1.807, 2.05) is 0 Å². The number of piperazine rings is 1. The molecule has 1 saturated heterocycles. The second-order valence-corrected chi connectivity index (χ2v) is 5.33. The standard InChI is InChI=1S/C14H20ClN3O2.ClH/c1-10-8-16-5-6-18(10)9-14(19)17-11-3-4-13(20-2)12(15)7-11;/h3-4,7,10,16H,5-6,8-9H2,1-2H3,(H,17,19);1H/t10-;/m0./s1. The van der Waals surface area contributed by atoms with Gasteiger partial charge in [0.2, 0.25) is 5.91 Å². The van der Waals surface area contributed by atoms with Crippen LogP contribution in [0.25, 0.3) is 0 Å². The van der Waals surface area contributed by atoms with Crippen LogP contribution in [0, 0.1) is 0 Å². The van der Waals surface area contributed by atoms with Gasteiger partial charge in [-0.3, -0.25) is 9.69 Å². The largest absolute Gasteiger partial charge is 0.495 e. The zero-order valence-electron chi connectivity index (χ0n) is 12.2. The van der Waals surface area contributed by atoms with Gasteiger partial charge in [-0.25, -0.2) is 0 Å². The first-order chi connectivity index (χ1) is 9.60. The van der Waals surface area contributed by atoms with Crippen molar-refractivity contribution in [1.29, 1.82) is 0 Å². The Labute approximate surface area is 136 Å². The summed E-state index contributed by atoms with van der Waals surface area (Å²) in [7, 11) is 1.56. The highest BCUT2D eigenvalue weighted by molar-refractivity contribution is 6.32. The van der Waals surface area contributed by atoms with Gasteiger partial charge in [-0.05, 0) is 25.1 Å². The first-order valence-corrected chi connectivity index (χ1v) is 7.06. The number of rotatable bonds is 4. The molecule has 1 fully saturated rings. The number of amides is 1. The first-order valence-electron chi connectivity index (χ1n) is 6.68. The Hall–Kier alpha value is -1.01. The maximum atomic E-state index is 12.0. The molecule has 2 rings (SSSR count). The van der Waals surface area contributed by atoms with Gasteiger partial charge in [-0.15, -0.1) is 12.4 Å². The number of carbonyl (C=O) groups excluding carboxylic acids is 1. The van der Waals surface area contributed by atoms with Gasteiger partial charge in [0, 0.05) is 31.4 Å². The Kier molecular flexibility index (Phi) is 7.25. The van der Waals surface area contributed by atoms with E-state index in [1.165, 1.54) is 0 Å². The highest BCUT2D eigenvalue weighted by atomic mass is 35.5. The van der Waals surface area contributed by atoms with Crippen LogP contribution in [0.1, 0.15) is 6.92 Å². The lowest BCUT2D eigenvalue weighted by atomic mass is 10.2. The molecule has 0 aliphatic carbocycles. The van der Waals surface area contributed by atoms with Crippen LogP contribution >= 0.6 is 24.0 Å². The number of hydrogen-bond donors (Lipinski definition) is 2. The molecular formula is C14H21Cl2N3O2. The monoisotopic (exact) mass is 333 g/mol. The first kappa shape index (κ1) is 18.0. The number of benzene rings is 1. The average molecular weight is 334 g/mol. The number of ether oxygens (including phenoxy) is 1. The smallest absolute Gasteiger partial charge is 0.238 e. The van der Waals surface area contributed by atoms with Gasteiger partial charge in [-0.1, -0.05) is 11.6 Å². The van der Waals surface area contributed by atoms with E-state index in [0.717, 1.165) is 19.6 Å². The third-order valence-electron chi connectivity index (χ3n) is 3.42. The SMILES string of the molecule is COc1ccc(NC(=O)CN2CCNC[C@@H]2C)cc1Cl.Cl. The lowest BCUT2D eigenvalue weighted by Gasteiger charge is -2.33. The molecule has 0 radical (unpaired) electrons. The van der Waals surface area contributed by atoms with Crippen LogP contribution < -0.4 is 15.4 Å². The molecule has 1 aromatic carbocycles. The van der Waals surface area contributed by atoms with E-state index < -0.39 is 0 Å². The number of anilines is 1. The predicted molar refractivity (Wildman–Crippen MR) is 87.8 cm³/mol. The van der Waals surface area contributed by atoms with Gasteiger partial charge in [0.25, 0.3) is 0 Å². The van der Waals surface area contributed by atoms with Gasteiger partial charge >= 0.3 is 0 Å². The van der Waals surface area contributed by atoms with Crippen molar-refractivity contribution in [3.63, 3.8) is 0 Å². The van der Waals surface area contributed by atoms with Crippen LogP contribution in [-0.2, 0) is 4.79 Å². The maximum absolute atomic E-state index is 12.0. The van der Waals surface area contributed by atoms with Crippen molar-refractivity contribution in [3.05, 3.63) is 23.2 Å². The number of hydrogen-bond acceptors (Lipinski definition) is 4. The summed E-state index contributed by atoms with van der Waals surface area (Å²) >= 11 is 6.03. The van der Waals surface area contributed by atoms with Gasteiger partial charge in [0.1, 0.15) is 5.75 Å². The van der Waals surface area contributed by atoms with Crippen LogP contribution in [0.15, 0.2) is 18.2 Å². The molecule has 0 unspecified atom stereocenters. The molecule has 1 atom stereocenters. The highest BCUT2D eigenvalue weighted by Gasteiger charge is 2.20. The number of nitrogens with one attached hydrogen (secondary N) is 2. The van der Waals surface area contributed by atoms with Crippen molar-refractivity contribution < 1.29 is 9.53 Å². The molecule has 7 heteroatoms. The quantitative estimate of drug-likeness (QED) is 0.884. The van der Waals surface area contributed by atoms with Crippen molar-refractivity contribution in [2.75, 3.05) is 38.6 Å². The Morgan fingerprint density at radius 2 is 2.33 bits per heavy atom. The highest BCUT2D eigenvalue weighted by Crippen LogP contribution is 2.27. The summed E-state index contributed by atoms with van der Waals surface area (Å²) in [6.07, 6.45) is 0. The zero-order valence-corrected chi connectivity index (χ0v) is 13.8. The molecule has 1 aromatic rings. The second-order valence-electron chi connectivity index (χ2n) is 4.92. The summed E-state index contributed by atoms with van der Waals surface area (Å²) in [4.78, 5) is 14.2. The molecule has 118 valence electrons. The van der Waals surface area contributed by atoms with Gasteiger partial charge < -0.3 is 15.4 Å². The number of methoxy groups -OCH3 is 1. The van der Waals surface area contributed by atoms with Crippen LogP contribution in [0.2, 0.25) is 5.02 Å². The molecule has 1 aliphatic heterocycles. The summed E-state index contributed by atoms with van der Waals surface area (Å²) in [6.45, 7) is 5.24. The molecule has 2 N–H and O–H groups in total. The second kappa shape index (κ2) is 8.44. The minimum atomic E-state index is -0.0278. The van der Waals surface area contributed by atoms with Gasteiger partial charge in [0.15, 0.2) is 0 Å². The molecule has 0 saturated carbocycles. The minimum Gasteiger partial charge on any atom is -0.495 e. The van der Waals surface area contributed by atoms with Crippen molar-refractivity contribution in [2.24, 2.45) is 0 Å². The van der Waals surface area contributed by atoms with Crippen molar-refractivity contribution in [3.8, 4) is 5.75 Å². The Balaban J connectivity index is 0.00000220. The Morgan fingerprint density at radius 3 is 2.95 bits per heavy atom. The Morgan fingerprint density at radius 1 is 1.57 bits per heavy atom. The van der Waals surface area contributed by atoms with Crippen molar-refractivity contribution in [2.45, 2.75) is 13.0 Å². The number of halogens is 2. The fraction of sp³-hybridized carbons (Fsp3) is 0.500. The average Bonchev–Trinajstić information content (AvgIpc) is 2.41. The minimum absolute atomic E-state index is 0. The van der Waals surface area contributed by atoms with E-state index >= 15 is 0 Å². The normalized spacial score (nSPS) is 18.7. The van der Waals surface area contributed by atoms with Crippen LogP contribution in [0.4, 0.5) is 5.69 Å². The zero-order chi connectivity index (χ0) is 14.5. The lowest BCUT2D eigenvalue weighted by Crippen LogP contribution is -2.51. The molecular weight excluding hydrogens is 313 g/mol. The predicted octanol–water partition coefficient (Wildman–Crippen LogP) is 2.00. The van der Waals surface area contributed by atoms with E-state index in [1.54, 1.807) is 25.3 Å². The van der Waals surface area contributed by atoms with Crippen molar-refractivity contribution >= 4 is 35.6 Å². The van der Waals surface area contributed by atoms with Gasteiger partial charge in [-0.2, -0.15) is 0 Å². The number of carbonyl (C=O) groups is 1. The summed E-state index contributed by atoms with van der Waals surface area (Å²) in [6, 6.07) is 5.59. The molecule has 0 aromatic heterocycles. The third-order valence-corrected chi connectivity index (χ3v) is 3.72. The fourth-order valence-electron chi connectivity index (χ4n) is 2.25. The van der Waals surface area contributed by atoms with E-state index in [4.69, 9.17) is 16.3 Å². The van der Waals surface area contributed by atoms with E-state index in [-0.39, 0.29) is 18.3 Å². The van der Waals surface area contributed by atoms with Crippen LogP contribution in [0.5, 0.6) is 5.75 Å². The van der Waals surface area contributed by atoms with E-state index in [0.29, 0.717) is 29.0 Å². The summed E-state index contributed by atoms with van der Waals surface area (Å²) in [5, 5.41) is 6.65. The third kappa shape index (κ3) is 5.04. The van der Waals surface area contributed by atoms with Crippen LogP contribution in [-0.4, -0.2) is 50.1 Å². The molecule has 1 aliphatic rings. The van der Waals surface area contributed by atoms with Crippen molar-refractivity contribution in [1.82, 2.24) is 10.2 Å². The number of nitrogens with zero attached hydrogens (tertiary/aromatic N) is 1. The molecule has 21 heavy (non-hydrogen) atoms. The van der Waals surface area contributed by atoms with Gasteiger partial charge in [0.05, 0.1) is 18.7 Å². The molecule has 1 heterocycles. The van der Waals surface area contributed by atoms with Crippen LogP contribution in [0.3, 0.4) is 0 Å². The molecule has 5 nitrogen and oxygen atoms in total. The summed E-state index contributed by atoms with van der Waals surface area (Å²) in [5.41, 5.74) is 0.684. The van der Waals surface area contributed by atoms with E-state index in [9.17, 15) is 4.79 Å². The summed E-state index contributed by atoms with van der Waals surface area (Å²) in [5.74, 6) is 0.570. The Bertz CT molecular complexity index is 485. The topological polar surface area (TPSA) is 53.6 Å². The summed E-state index contributed by atoms with van der Waals surface area (Å²) < 4.78 is 5.08. The molecule has 0 bridgehead atoms. The molecule has 1 amide bonds. The lowest BCUT2D eigenvalue weighted by molar-refractivity contribution is -0.118.